The molecule has 1 aromatic carbocycles. The van der Waals surface area contributed by atoms with Crippen LogP contribution in [0.4, 0.5) is 4.79 Å². The van der Waals surface area contributed by atoms with E-state index in [4.69, 9.17) is 10.3 Å². The van der Waals surface area contributed by atoms with Crippen molar-refractivity contribution in [3.05, 3.63) is 35.9 Å². The third kappa shape index (κ3) is 7.08. The molecule has 26 heavy (non-hydrogen) atoms. The Kier molecular flexibility index (Phi) is 8.53. The van der Waals surface area contributed by atoms with Crippen LogP contribution in [0.25, 0.3) is 0 Å². The summed E-state index contributed by atoms with van der Waals surface area (Å²) in [6, 6.07) is 7.13. The highest BCUT2D eigenvalue weighted by atomic mass is 16.5. The van der Waals surface area contributed by atoms with E-state index in [9.17, 15) is 19.5 Å². The SMILES string of the molecule is CC(C)CN(CC(O)C(=O)O)C(=O)NC(Cc1ccccc1)C(=O)NO. The minimum absolute atomic E-state index is 0.0148. The van der Waals surface area contributed by atoms with E-state index in [1.54, 1.807) is 30.3 Å². The largest absolute Gasteiger partial charge is 0.479 e. The van der Waals surface area contributed by atoms with Crippen LogP contribution in [-0.4, -0.2) is 63.5 Å². The maximum absolute atomic E-state index is 12.5. The number of carbonyl (C=O) groups excluding carboxylic acids is 2. The molecule has 0 saturated heterocycles. The molecule has 144 valence electrons. The van der Waals surface area contributed by atoms with Crippen LogP contribution >= 0.6 is 0 Å². The Morgan fingerprint density at radius 3 is 2.23 bits per heavy atom. The minimum atomic E-state index is -1.74. The van der Waals surface area contributed by atoms with Crippen LogP contribution in [0.2, 0.25) is 0 Å². The number of carboxylic acids is 1. The van der Waals surface area contributed by atoms with Crippen molar-refractivity contribution >= 4 is 17.9 Å². The molecular formula is C17H25N3O6. The van der Waals surface area contributed by atoms with Gasteiger partial charge in [-0.15, -0.1) is 0 Å². The van der Waals surface area contributed by atoms with Gasteiger partial charge >= 0.3 is 12.0 Å². The Labute approximate surface area is 151 Å². The number of urea groups is 1. The van der Waals surface area contributed by atoms with Gasteiger partial charge in [0.25, 0.3) is 5.91 Å². The Hall–Kier alpha value is -2.65. The standard InChI is InChI=1S/C17H25N3O6/c1-11(2)9-20(10-14(21)16(23)24)17(25)18-13(15(22)19-26)8-12-6-4-3-5-7-12/h3-7,11,13-14,21,26H,8-10H2,1-2H3,(H,18,25)(H,19,22)(H,23,24). The summed E-state index contributed by atoms with van der Waals surface area (Å²) in [4.78, 5) is 36.4. The zero-order valence-corrected chi connectivity index (χ0v) is 14.8. The van der Waals surface area contributed by atoms with Gasteiger partial charge in [-0.2, -0.15) is 0 Å². The Morgan fingerprint density at radius 2 is 1.73 bits per heavy atom. The smallest absolute Gasteiger partial charge is 0.334 e. The van der Waals surface area contributed by atoms with Gasteiger partial charge in [0, 0.05) is 13.0 Å². The molecule has 2 unspecified atom stereocenters. The zero-order valence-electron chi connectivity index (χ0n) is 14.8. The first-order chi connectivity index (χ1) is 12.2. The van der Waals surface area contributed by atoms with Crippen molar-refractivity contribution in [2.24, 2.45) is 5.92 Å². The summed E-state index contributed by atoms with van der Waals surface area (Å²) in [7, 11) is 0. The number of hydrogen-bond acceptors (Lipinski definition) is 5. The van der Waals surface area contributed by atoms with Crippen LogP contribution in [0.5, 0.6) is 0 Å². The van der Waals surface area contributed by atoms with Gasteiger partial charge in [0.15, 0.2) is 6.10 Å². The van der Waals surface area contributed by atoms with Crippen LogP contribution in [0.1, 0.15) is 19.4 Å². The van der Waals surface area contributed by atoms with E-state index < -0.39 is 36.6 Å². The molecule has 0 spiro atoms. The van der Waals surface area contributed by atoms with Crippen LogP contribution < -0.4 is 10.8 Å². The summed E-state index contributed by atoms with van der Waals surface area (Å²) < 4.78 is 0. The normalized spacial score (nSPS) is 13.0. The van der Waals surface area contributed by atoms with Gasteiger partial charge in [0.2, 0.25) is 0 Å². The van der Waals surface area contributed by atoms with Crippen LogP contribution in [0.3, 0.4) is 0 Å². The summed E-state index contributed by atoms with van der Waals surface area (Å²) in [5.41, 5.74) is 2.28. The second-order valence-corrected chi connectivity index (χ2v) is 6.32. The molecule has 0 aliphatic rings. The van der Waals surface area contributed by atoms with Gasteiger partial charge in [-0.05, 0) is 11.5 Å². The fourth-order valence-corrected chi connectivity index (χ4v) is 2.35. The maximum atomic E-state index is 12.5. The van der Waals surface area contributed by atoms with Crippen LogP contribution in [0, 0.1) is 5.92 Å². The minimum Gasteiger partial charge on any atom is -0.479 e. The predicted octanol–water partition coefficient (Wildman–Crippen LogP) is 0.216. The van der Waals surface area contributed by atoms with E-state index in [0.717, 1.165) is 10.5 Å². The van der Waals surface area contributed by atoms with E-state index in [1.807, 2.05) is 13.8 Å². The summed E-state index contributed by atoms with van der Waals surface area (Å²) in [6.45, 7) is 3.43. The van der Waals surface area contributed by atoms with Gasteiger partial charge in [-0.3, -0.25) is 10.0 Å². The second kappa shape index (κ2) is 10.4. The lowest BCUT2D eigenvalue weighted by Gasteiger charge is -2.28. The number of hydrogen-bond donors (Lipinski definition) is 5. The highest BCUT2D eigenvalue weighted by Crippen LogP contribution is 2.06. The molecule has 0 aromatic heterocycles. The average molecular weight is 367 g/mol. The van der Waals surface area contributed by atoms with E-state index in [1.165, 1.54) is 5.48 Å². The lowest BCUT2D eigenvalue weighted by Crippen LogP contribution is -2.54. The number of aliphatic hydroxyl groups excluding tert-OH is 1. The van der Waals surface area contributed by atoms with E-state index >= 15 is 0 Å². The van der Waals surface area contributed by atoms with Crippen molar-refractivity contribution in [2.45, 2.75) is 32.4 Å². The quantitative estimate of drug-likeness (QED) is 0.312. The molecule has 0 fully saturated rings. The molecule has 9 nitrogen and oxygen atoms in total. The average Bonchev–Trinajstić information content (AvgIpc) is 2.60. The molecule has 9 heteroatoms. The maximum Gasteiger partial charge on any atom is 0.334 e. The van der Waals surface area contributed by atoms with E-state index in [2.05, 4.69) is 5.32 Å². The van der Waals surface area contributed by atoms with Gasteiger partial charge in [0.1, 0.15) is 6.04 Å². The Morgan fingerprint density at radius 1 is 1.12 bits per heavy atom. The molecule has 0 heterocycles. The van der Waals surface area contributed by atoms with Gasteiger partial charge in [0.05, 0.1) is 6.54 Å². The van der Waals surface area contributed by atoms with Crippen molar-refractivity contribution in [3.63, 3.8) is 0 Å². The number of carbonyl (C=O) groups is 3. The van der Waals surface area contributed by atoms with E-state index in [0.29, 0.717) is 0 Å². The molecule has 0 aliphatic heterocycles. The number of amides is 3. The van der Waals surface area contributed by atoms with Crippen LogP contribution in [0.15, 0.2) is 30.3 Å². The summed E-state index contributed by atoms with van der Waals surface area (Å²) in [6.07, 6.45) is -1.60. The lowest BCUT2D eigenvalue weighted by atomic mass is 10.1. The molecule has 0 radical (unpaired) electrons. The summed E-state index contributed by atoms with van der Waals surface area (Å²) >= 11 is 0. The molecule has 3 amide bonds. The first-order valence-corrected chi connectivity index (χ1v) is 8.18. The summed E-state index contributed by atoms with van der Waals surface area (Å²) in [5, 5.41) is 29.8. The van der Waals surface area contributed by atoms with Gasteiger partial charge in [-0.1, -0.05) is 44.2 Å². The predicted molar refractivity (Wildman–Crippen MR) is 92.4 cm³/mol. The first-order valence-electron chi connectivity index (χ1n) is 8.18. The van der Waals surface area contributed by atoms with E-state index in [-0.39, 0.29) is 18.9 Å². The van der Waals surface area contributed by atoms with Crippen molar-refractivity contribution in [1.82, 2.24) is 15.7 Å². The highest BCUT2D eigenvalue weighted by molar-refractivity contribution is 5.86. The highest BCUT2D eigenvalue weighted by Gasteiger charge is 2.27. The molecule has 5 N–H and O–H groups in total. The number of rotatable bonds is 9. The summed E-state index contributed by atoms with van der Waals surface area (Å²) in [5.74, 6) is -2.23. The van der Waals surface area contributed by atoms with Crippen molar-refractivity contribution in [3.8, 4) is 0 Å². The number of aliphatic hydroxyl groups is 1. The molecule has 1 aromatic rings. The third-order valence-corrected chi connectivity index (χ3v) is 3.56. The number of nitrogens with zero attached hydrogens (tertiary/aromatic N) is 1. The van der Waals surface area contributed by atoms with Crippen molar-refractivity contribution < 1.29 is 29.8 Å². The third-order valence-electron chi connectivity index (χ3n) is 3.56. The Bertz CT molecular complexity index is 608. The van der Waals surface area contributed by atoms with Gasteiger partial charge in [-0.25, -0.2) is 15.1 Å². The first kappa shape index (κ1) is 21.4. The monoisotopic (exact) mass is 367 g/mol. The number of aliphatic carboxylic acids is 1. The van der Waals surface area contributed by atoms with Crippen molar-refractivity contribution in [1.29, 1.82) is 0 Å². The number of carboxylic acid groups (broad SMARTS) is 1. The molecule has 0 bridgehead atoms. The second-order valence-electron chi connectivity index (χ2n) is 6.32. The zero-order chi connectivity index (χ0) is 19.7. The van der Waals surface area contributed by atoms with Crippen LogP contribution in [-0.2, 0) is 16.0 Å². The fourth-order valence-electron chi connectivity index (χ4n) is 2.35. The molecule has 2 atom stereocenters. The topological polar surface area (TPSA) is 139 Å². The molecular weight excluding hydrogens is 342 g/mol. The van der Waals surface area contributed by atoms with Crippen molar-refractivity contribution in [2.75, 3.05) is 13.1 Å². The molecule has 0 aliphatic carbocycles. The Balaban J connectivity index is 2.88. The van der Waals surface area contributed by atoms with Gasteiger partial charge < -0.3 is 20.4 Å². The fraction of sp³-hybridized carbons (Fsp3) is 0.471. The lowest BCUT2D eigenvalue weighted by molar-refractivity contribution is -0.147. The molecule has 0 saturated carbocycles. The molecule has 1 rings (SSSR count). The number of hydroxylamine groups is 1. The number of benzene rings is 1. The number of nitrogens with one attached hydrogen (secondary N) is 2.